The van der Waals surface area contributed by atoms with Gasteiger partial charge in [-0.25, -0.2) is 0 Å². The molecule has 22 heavy (non-hydrogen) atoms. The highest BCUT2D eigenvalue weighted by molar-refractivity contribution is 6.46. The highest BCUT2D eigenvalue weighted by atomic mass is 35.5. The van der Waals surface area contributed by atoms with Crippen LogP contribution in [0.5, 0.6) is 0 Å². The molecule has 0 saturated heterocycles. The lowest BCUT2D eigenvalue weighted by Gasteiger charge is -2.09. The molecule has 2 rings (SSSR count). The molecule has 0 aromatic heterocycles. The van der Waals surface area contributed by atoms with Crippen LogP contribution in [0.1, 0.15) is 12.5 Å². The summed E-state index contributed by atoms with van der Waals surface area (Å²) in [6.45, 7) is 2.04. The lowest BCUT2D eigenvalue weighted by molar-refractivity contribution is -0.132. The van der Waals surface area contributed by atoms with Crippen molar-refractivity contribution in [3.8, 4) is 0 Å². The van der Waals surface area contributed by atoms with E-state index in [4.69, 9.17) is 23.2 Å². The van der Waals surface area contributed by atoms with Crippen molar-refractivity contribution in [1.82, 2.24) is 0 Å². The summed E-state index contributed by atoms with van der Waals surface area (Å²) in [7, 11) is 0. The van der Waals surface area contributed by atoms with Crippen LogP contribution in [0.25, 0.3) is 0 Å². The van der Waals surface area contributed by atoms with Crippen molar-refractivity contribution in [2.75, 3.05) is 10.6 Å². The van der Waals surface area contributed by atoms with E-state index in [9.17, 15) is 9.59 Å². The van der Waals surface area contributed by atoms with Crippen LogP contribution in [0.2, 0.25) is 10.0 Å². The Labute approximate surface area is 138 Å². The van der Waals surface area contributed by atoms with Crippen molar-refractivity contribution in [2.24, 2.45) is 0 Å². The minimum absolute atomic E-state index is 0.215. The van der Waals surface area contributed by atoms with Crippen LogP contribution < -0.4 is 10.6 Å². The van der Waals surface area contributed by atoms with Gasteiger partial charge in [-0.1, -0.05) is 48.3 Å². The van der Waals surface area contributed by atoms with Gasteiger partial charge in [0.2, 0.25) is 0 Å². The fraction of sp³-hybridized carbons (Fsp3) is 0.125. The van der Waals surface area contributed by atoms with Gasteiger partial charge in [0.05, 0.1) is 15.7 Å². The molecule has 0 aliphatic heterocycles. The maximum Gasteiger partial charge on any atom is 0.314 e. The first-order valence-corrected chi connectivity index (χ1v) is 7.42. The third-order valence-corrected chi connectivity index (χ3v) is 3.66. The molecule has 114 valence electrons. The first-order chi connectivity index (χ1) is 10.5. The monoisotopic (exact) mass is 336 g/mol. The zero-order valence-electron chi connectivity index (χ0n) is 11.8. The number of nitrogens with one attached hydrogen (secondary N) is 2. The Morgan fingerprint density at radius 2 is 1.45 bits per heavy atom. The molecule has 0 radical (unpaired) electrons. The number of carbonyl (C=O) groups excluding carboxylic acids is 2. The molecule has 0 fully saturated rings. The molecule has 2 N–H and O–H groups in total. The van der Waals surface area contributed by atoms with Gasteiger partial charge in [-0.3, -0.25) is 9.59 Å². The summed E-state index contributed by atoms with van der Waals surface area (Å²) in [5.74, 6) is -1.63. The minimum atomic E-state index is -0.838. The first-order valence-electron chi connectivity index (χ1n) is 6.66. The molecule has 2 aromatic rings. The summed E-state index contributed by atoms with van der Waals surface area (Å²) >= 11 is 11.9. The molecule has 2 amide bonds. The van der Waals surface area contributed by atoms with Crippen molar-refractivity contribution < 1.29 is 9.59 Å². The SMILES string of the molecule is CCc1ccc(NC(=O)C(=O)Nc2c(Cl)cccc2Cl)cc1. The second-order valence-electron chi connectivity index (χ2n) is 4.56. The molecular weight excluding hydrogens is 323 g/mol. The Morgan fingerprint density at radius 3 is 2.00 bits per heavy atom. The zero-order valence-corrected chi connectivity index (χ0v) is 13.3. The predicted octanol–water partition coefficient (Wildman–Crippen LogP) is 4.13. The quantitative estimate of drug-likeness (QED) is 0.828. The summed E-state index contributed by atoms with van der Waals surface area (Å²) in [4.78, 5) is 23.8. The summed E-state index contributed by atoms with van der Waals surface area (Å²) in [6, 6.07) is 12.1. The van der Waals surface area contributed by atoms with E-state index in [0.29, 0.717) is 5.69 Å². The van der Waals surface area contributed by atoms with Crippen LogP contribution in [0.4, 0.5) is 11.4 Å². The third kappa shape index (κ3) is 4.00. The Kier molecular flexibility index (Phi) is 5.41. The van der Waals surface area contributed by atoms with Crippen LogP contribution in [-0.2, 0) is 16.0 Å². The number of halogens is 2. The average molecular weight is 337 g/mol. The van der Waals surface area contributed by atoms with E-state index in [-0.39, 0.29) is 15.7 Å². The molecule has 0 saturated carbocycles. The first kappa shape index (κ1) is 16.3. The maximum absolute atomic E-state index is 11.9. The summed E-state index contributed by atoms with van der Waals surface area (Å²) < 4.78 is 0. The van der Waals surface area contributed by atoms with Crippen molar-refractivity contribution in [3.63, 3.8) is 0 Å². The Hall–Kier alpha value is -2.04. The van der Waals surface area contributed by atoms with E-state index in [1.807, 2.05) is 19.1 Å². The van der Waals surface area contributed by atoms with Crippen molar-refractivity contribution in [2.45, 2.75) is 13.3 Å². The number of rotatable bonds is 3. The Balaban J connectivity index is 2.04. The summed E-state index contributed by atoms with van der Waals surface area (Å²) in [5, 5.41) is 5.45. The predicted molar refractivity (Wildman–Crippen MR) is 89.5 cm³/mol. The van der Waals surface area contributed by atoms with Gasteiger partial charge in [0.25, 0.3) is 0 Å². The second kappa shape index (κ2) is 7.29. The van der Waals surface area contributed by atoms with E-state index in [1.165, 1.54) is 0 Å². The number of anilines is 2. The largest absolute Gasteiger partial charge is 0.318 e. The van der Waals surface area contributed by atoms with Crippen LogP contribution >= 0.6 is 23.2 Å². The van der Waals surface area contributed by atoms with Gasteiger partial charge in [0, 0.05) is 5.69 Å². The molecule has 0 unspecified atom stereocenters. The highest BCUT2D eigenvalue weighted by Gasteiger charge is 2.17. The number of hydrogen-bond donors (Lipinski definition) is 2. The molecule has 0 atom stereocenters. The third-order valence-electron chi connectivity index (χ3n) is 3.03. The Morgan fingerprint density at radius 1 is 0.909 bits per heavy atom. The van der Waals surface area contributed by atoms with E-state index < -0.39 is 11.8 Å². The molecule has 0 spiro atoms. The second-order valence-corrected chi connectivity index (χ2v) is 5.37. The lowest BCUT2D eigenvalue weighted by Crippen LogP contribution is -2.29. The molecule has 0 aliphatic carbocycles. The molecule has 0 heterocycles. The average Bonchev–Trinajstić information content (AvgIpc) is 2.51. The Bertz CT molecular complexity index is 680. The fourth-order valence-electron chi connectivity index (χ4n) is 1.80. The standard InChI is InChI=1S/C16H14Cl2N2O2/c1-2-10-6-8-11(9-7-10)19-15(21)16(22)20-14-12(17)4-3-5-13(14)18/h3-9H,2H2,1H3,(H,19,21)(H,20,22). The van der Waals surface area contributed by atoms with Crippen molar-refractivity contribution in [3.05, 3.63) is 58.1 Å². The number of carbonyl (C=O) groups is 2. The number of hydrogen-bond acceptors (Lipinski definition) is 2. The smallest absolute Gasteiger partial charge is 0.314 e. The number of amides is 2. The molecule has 2 aromatic carbocycles. The topological polar surface area (TPSA) is 58.2 Å². The van der Waals surface area contributed by atoms with Gasteiger partial charge < -0.3 is 10.6 Å². The minimum Gasteiger partial charge on any atom is -0.318 e. The molecular formula is C16H14Cl2N2O2. The summed E-state index contributed by atoms with van der Waals surface area (Å²) in [5.41, 5.74) is 1.90. The van der Waals surface area contributed by atoms with Crippen LogP contribution in [0.3, 0.4) is 0 Å². The number of para-hydroxylation sites is 1. The van der Waals surface area contributed by atoms with E-state index >= 15 is 0 Å². The number of aryl methyl sites for hydroxylation is 1. The zero-order chi connectivity index (χ0) is 16.1. The number of benzene rings is 2. The van der Waals surface area contributed by atoms with Gasteiger partial charge in [-0.2, -0.15) is 0 Å². The summed E-state index contributed by atoms with van der Waals surface area (Å²) in [6.07, 6.45) is 0.902. The van der Waals surface area contributed by atoms with E-state index in [2.05, 4.69) is 10.6 Å². The van der Waals surface area contributed by atoms with Crippen molar-refractivity contribution in [1.29, 1.82) is 0 Å². The highest BCUT2D eigenvalue weighted by Crippen LogP contribution is 2.29. The maximum atomic E-state index is 11.9. The van der Waals surface area contributed by atoms with Crippen LogP contribution in [-0.4, -0.2) is 11.8 Å². The molecule has 0 aliphatic rings. The van der Waals surface area contributed by atoms with Crippen LogP contribution in [0, 0.1) is 0 Å². The van der Waals surface area contributed by atoms with Gasteiger partial charge in [0.1, 0.15) is 0 Å². The van der Waals surface area contributed by atoms with Gasteiger partial charge in [0.15, 0.2) is 0 Å². The molecule has 4 nitrogen and oxygen atoms in total. The van der Waals surface area contributed by atoms with Gasteiger partial charge >= 0.3 is 11.8 Å². The van der Waals surface area contributed by atoms with E-state index in [0.717, 1.165) is 12.0 Å². The fourth-order valence-corrected chi connectivity index (χ4v) is 2.29. The van der Waals surface area contributed by atoms with Crippen molar-refractivity contribution >= 4 is 46.4 Å². The van der Waals surface area contributed by atoms with Crippen LogP contribution in [0.15, 0.2) is 42.5 Å². The normalized spacial score (nSPS) is 10.1. The van der Waals surface area contributed by atoms with Gasteiger partial charge in [-0.15, -0.1) is 0 Å². The van der Waals surface area contributed by atoms with Gasteiger partial charge in [-0.05, 0) is 36.2 Å². The van der Waals surface area contributed by atoms with E-state index in [1.54, 1.807) is 30.3 Å². The lowest BCUT2D eigenvalue weighted by atomic mass is 10.1. The molecule has 0 bridgehead atoms. The molecule has 6 heteroatoms.